The predicted octanol–water partition coefficient (Wildman–Crippen LogP) is 2.40. The van der Waals surface area contributed by atoms with E-state index in [0.717, 1.165) is 11.7 Å². The second kappa shape index (κ2) is 4.23. The van der Waals surface area contributed by atoms with Crippen LogP contribution in [0.15, 0.2) is 0 Å². The Bertz CT molecular complexity index is 332. The standard InChI is InChI=1S/C9H16ClN3OS/c1-8(2,9(3,4)14)5-11-7-6(10)12-15-13-7/h14H,5H2,1-4H3,(H,11,13). The molecule has 1 aromatic rings. The summed E-state index contributed by atoms with van der Waals surface area (Å²) < 4.78 is 7.86. The molecule has 0 aliphatic heterocycles. The number of aromatic nitrogens is 2. The lowest BCUT2D eigenvalue weighted by molar-refractivity contribution is -0.0270. The van der Waals surface area contributed by atoms with Crippen LogP contribution < -0.4 is 5.32 Å². The molecular weight excluding hydrogens is 234 g/mol. The number of nitrogens with one attached hydrogen (secondary N) is 1. The average Bonchev–Trinajstić information content (AvgIpc) is 2.46. The number of halogens is 1. The molecule has 0 bridgehead atoms. The molecule has 6 heteroatoms. The van der Waals surface area contributed by atoms with Gasteiger partial charge in [0.2, 0.25) is 0 Å². The monoisotopic (exact) mass is 249 g/mol. The highest BCUT2D eigenvalue weighted by molar-refractivity contribution is 6.99. The van der Waals surface area contributed by atoms with E-state index in [4.69, 9.17) is 11.6 Å². The molecule has 0 aliphatic carbocycles. The Morgan fingerprint density at radius 2 is 1.93 bits per heavy atom. The summed E-state index contributed by atoms with van der Waals surface area (Å²) in [6.45, 7) is 8.12. The summed E-state index contributed by atoms with van der Waals surface area (Å²) >= 11 is 6.86. The van der Waals surface area contributed by atoms with E-state index in [1.165, 1.54) is 0 Å². The number of hydrogen-bond acceptors (Lipinski definition) is 5. The Kier molecular flexibility index (Phi) is 3.58. The number of aliphatic hydroxyl groups is 1. The van der Waals surface area contributed by atoms with Crippen LogP contribution in [-0.2, 0) is 0 Å². The van der Waals surface area contributed by atoms with E-state index in [9.17, 15) is 5.11 Å². The molecule has 2 N–H and O–H groups in total. The third kappa shape index (κ3) is 3.03. The highest BCUT2D eigenvalue weighted by Crippen LogP contribution is 2.31. The predicted molar refractivity (Wildman–Crippen MR) is 63.5 cm³/mol. The molecule has 0 amide bonds. The van der Waals surface area contributed by atoms with E-state index in [2.05, 4.69) is 14.1 Å². The van der Waals surface area contributed by atoms with Crippen molar-refractivity contribution in [1.82, 2.24) is 8.75 Å². The fraction of sp³-hybridized carbons (Fsp3) is 0.778. The van der Waals surface area contributed by atoms with Gasteiger partial charge in [-0.2, -0.15) is 8.75 Å². The molecule has 0 aliphatic rings. The highest BCUT2D eigenvalue weighted by Gasteiger charge is 2.34. The van der Waals surface area contributed by atoms with Crippen molar-refractivity contribution < 1.29 is 5.11 Å². The van der Waals surface area contributed by atoms with Gasteiger partial charge >= 0.3 is 0 Å². The van der Waals surface area contributed by atoms with Crippen molar-refractivity contribution in [3.63, 3.8) is 0 Å². The van der Waals surface area contributed by atoms with Crippen LogP contribution in [-0.4, -0.2) is 26.0 Å². The van der Waals surface area contributed by atoms with E-state index in [1.54, 1.807) is 13.8 Å². The first kappa shape index (κ1) is 12.7. The van der Waals surface area contributed by atoms with Gasteiger partial charge in [-0.1, -0.05) is 25.4 Å². The van der Waals surface area contributed by atoms with Crippen molar-refractivity contribution in [3.05, 3.63) is 5.15 Å². The smallest absolute Gasteiger partial charge is 0.186 e. The molecule has 15 heavy (non-hydrogen) atoms. The molecular formula is C9H16ClN3OS. The molecule has 0 spiro atoms. The fourth-order valence-corrected chi connectivity index (χ4v) is 1.49. The highest BCUT2D eigenvalue weighted by atomic mass is 35.5. The number of nitrogens with zero attached hydrogens (tertiary/aromatic N) is 2. The summed E-state index contributed by atoms with van der Waals surface area (Å²) in [5.41, 5.74) is -1.05. The lowest BCUT2D eigenvalue weighted by Crippen LogP contribution is -2.43. The molecule has 0 atom stereocenters. The largest absolute Gasteiger partial charge is 0.390 e. The van der Waals surface area contributed by atoms with Gasteiger partial charge in [0.05, 0.1) is 17.3 Å². The van der Waals surface area contributed by atoms with Crippen molar-refractivity contribution in [1.29, 1.82) is 0 Å². The second-order valence-electron chi connectivity index (χ2n) is 4.70. The van der Waals surface area contributed by atoms with Crippen molar-refractivity contribution in [3.8, 4) is 0 Å². The average molecular weight is 250 g/mol. The summed E-state index contributed by atoms with van der Waals surface area (Å²) in [4.78, 5) is 0. The van der Waals surface area contributed by atoms with Gasteiger partial charge < -0.3 is 10.4 Å². The molecule has 0 radical (unpaired) electrons. The summed E-state index contributed by atoms with van der Waals surface area (Å²) in [6.07, 6.45) is 0. The van der Waals surface area contributed by atoms with Gasteiger partial charge in [-0.05, 0) is 13.8 Å². The topological polar surface area (TPSA) is 58.0 Å². The zero-order valence-electron chi connectivity index (χ0n) is 9.33. The van der Waals surface area contributed by atoms with E-state index >= 15 is 0 Å². The molecule has 86 valence electrons. The molecule has 0 aromatic carbocycles. The van der Waals surface area contributed by atoms with Crippen molar-refractivity contribution in [2.75, 3.05) is 11.9 Å². The summed E-state index contributed by atoms with van der Waals surface area (Å²) in [5.74, 6) is 0.582. The quantitative estimate of drug-likeness (QED) is 0.861. The van der Waals surface area contributed by atoms with Crippen LogP contribution in [0.3, 0.4) is 0 Å². The molecule has 4 nitrogen and oxygen atoms in total. The fourth-order valence-electron chi connectivity index (χ4n) is 0.804. The zero-order valence-corrected chi connectivity index (χ0v) is 10.9. The third-order valence-electron chi connectivity index (χ3n) is 2.80. The maximum Gasteiger partial charge on any atom is 0.186 e. The van der Waals surface area contributed by atoms with Gasteiger partial charge in [0, 0.05) is 12.0 Å². The summed E-state index contributed by atoms with van der Waals surface area (Å²) in [7, 11) is 0. The van der Waals surface area contributed by atoms with Crippen molar-refractivity contribution in [2.45, 2.75) is 33.3 Å². The van der Waals surface area contributed by atoms with Crippen LogP contribution in [0.25, 0.3) is 0 Å². The van der Waals surface area contributed by atoms with Crippen LogP contribution in [0.1, 0.15) is 27.7 Å². The SMILES string of the molecule is CC(C)(O)C(C)(C)CNc1nsnc1Cl. The van der Waals surface area contributed by atoms with Gasteiger partial charge in [-0.15, -0.1) is 0 Å². The van der Waals surface area contributed by atoms with Gasteiger partial charge in [-0.3, -0.25) is 0 Å². The Morgan fingerprint density at radius 1 is 1.33 bits per heavy atom. The summed E-state index contributed by atoms with van der Waals surface area (Å²) in [6, 6.07) is 0. The minimum atomic E-state index is -0.768. The number of anilines is 1. The van der Waals surface area contributed by atoms with Gasteiger partial charge in [0.25, 0.3) is 0 Å². The molecule has 1 rings (SSSR count). The van der Waals surface area contributed by atoms with Crippen molar-refractivity contribution in [2.24, 2.45) is 5.41 Å². The van der Waals surface area contributed by atoms with Crippen LogP contribution in [0.2, 0.25) is 5.15 Å². The lowest BCUT2D eigenvalue weighted by Gasteiger charge is -2.37. The molecule has 1 aromatic heterocycles. The molecule has 0 saturated carbocycles. The molecule has 0 unspecified atom stereocenters. The Balaban J connectivity index is 2.61. The van der Waals surface area contributed by atoms with Crippen molar-refractivity contribution >= 4 is 29.1 Å². The first-order valence-corrected chi connectivity index (χ1v) is 5.79. The third-order valence-corrected chi connectivity index (χ3v) is 3.69. The second-order valence-corrected chi connectivity index (χ2v) is 5.59. The van der Waals surface area contributed by atoms with Gasteiger partial charge in [-0.25, -0.2) is 0 Å². The minimum absolute atomic E-state index is 0.278. The van der Waals surface area contributed by atoms with Crippen LogP contribution >= 0.6 is 23.3 Å². The Labute approximate surface area is 99.0 Å². The minimum Gasteiger partial charge on any atom is -0.390 e. The van der Waals surface area contributed by atoms with Gasteiger partial charge in [0.1, 0.15) is 0 Å². The first-order chi connectivity index (χ1) is 6.74. The van der Waals surface area contributed by atoms with E-state index in [0.29, 0.717) is 17.5 Å². The first-order valence-electron chi connectivity index (χ1n) is 4.68. The van der Waals surface area contributed by atoms with E-state index < -0.39 is 5.60 Å². The number of rotatable bonds is 4. The lowest BCUT2D eigenvalue weighted by atomic mass is 9.77. The van der Waals surface area contributed by atoms with Crippen LogP contribution in [0, 0.1) is 5.41 Å². The van der Waals surface area contributed by atoms with Crippen LogP contribution in [0.5, 0.6) is 0 Å². The normalized spacial score (nSPS) is 12.9. The Morgan fingerprint density at radius 3 is 2.33 bits per heavy atom. The summed E-state index contributed by atoms with van der Waals surface area (Å²) in [5, 5.41) is 13.4. The molecule has 0 fully saturated rings. The Hall–Kier alpha value is -0.390. The van der Waals surface area contributed by atoms with Gasteiger partial charge in [0.15, 0.2) is 11.0 Å². The maximum atomic E-state index is 9.94. The van der Waals surface area contributed by atoms with E-state index in [1.807, 2.05) is 13.8 Å². The molecule has 0 saturated heterocycles. The number of hydrogen-bond donors (Lipinski definition) is 2. The molecule has 1 heterocycles. The van der Waals surface area contributed by atoms with E-state index in [-0.39, 0.29) is 5.41 Å². The maximum absolute atomic E-state index is 9.94. The zero-order chi connectivity index (χ0) is 11.7. The van der Waals surface area contributed by atoms with Crippen LogP contribution in [0.4, 0.5) is 5.82 Å².